The van der Waals surface area contributed by atoms with Crippen molar-refractivity contribution in [3.63, 3.8) is 0 Å². The highest BCUT2D eigenvalue weighted by Crippen LogP contribution is 2.28. The van der Waals surface area contributed by atoms with Gasteiger partial charge in [-0.3, -0.25) is 0 Å². The monoisotopic (exact) mass is 236 g/mol. The second kappa shape index (κ2) is 4.94. The Labute approximate surface area is 102 Å². The number of ether oxygens (including phenoxy) is 1. The third kappa shape index (κ3) is 2.70. The van der Waals surface area contributed by atoms with Gasteiger partial charge in [0.05, 0.1) is 12.1 Å². The Bertz CT molecular complexity index is 387. The van der Waals surface area contributed by atoms with Crippen LogP contribution in [0.3, 0.4) is 0 Å². The van der Waals surface area contributed by atoms with E-state index in [4.69, 9.17) is 10.5 Å². The highest BCUT2D eigenvalue weighted by molar-refractivity contribution is 5.60. The zero-order chi connectivity index (χ0) is 12.3. The van der Waals surface area contributed by atoms with Crippen molar-refractivity contribution in [3.8, 4) is 0 Å². The van der Waals surface area contributed by atoms with Gasteiger partial charge in [-0.15, -0.1) is 0 Å². The molecule has 0 spiro atoms. The van der Waals surface area contributed by atoms with Crippen molar-refractivity contribution in [2.75, 3.05) is 30.9 Å². The molecule has 17 heavy (non-hydrogen) atoms. The number of anilines is 2. The van der Waals surface area contributed by atoms with E-state index in [1.165, 1.54) is 0 Å². The molecule has 94 valence electrons. The lowest BCUT2D eigenvalue weighted by Crippen LogP contribution is -2.47. The first kappa shape index (κ1) is 12.2. The Morgan fingerprint density at radius 2 is 2.12 bits per heavy atom. The Morgan fingerprint density at radius 3 is 2.76 bits per heavy atom. The van der Waals surface area contributed by atoms with Gasteiger partial charge in [0, 0.05) is 24.6 Å². The lowest BCUT2D eigenvalue weighted by Gasteiger charge is -2.37. The second-order valence-corrected chi connectivity index (χ2v) is 4.75. The lowest BCUT2D eigenvalue weighted by molar-refractivity contribution is 0.0380. The summed E-state index contributed by atoms with van der Waals surface area (Å²) in [5.41, 5.74) is 8.40. The van der Waals surface area contributed by atoms with Crippen LogP contribution < -0.4 is 11.1 Å². The van der Waals surface area contributed by atoms with Gasteiger partial charge in [0.2, 0.25) is 0 Å². The van der Waals surface area contributed by atoms with Crippen LogP contribution in [0.5, 0.6) is 0 Å². The molecule has 4 N–H and O–H groups in total. The third-order valence-electron chi connectivity index (χ3n) is 3.41. The van der Waals surface area contributed by atoms with E-state index < -0.39 is 0 Å². The average molecular weight is 236 g/mol. The predicted octanol–water partition coefficient (Wildman–Crippen LogP) is 1.53. The van der Waals surface area contributed by atoms with Gasteiger partial charge in [-0.05, 0) is 37.5 Å². The zero-order valence-corrected chi connectivity index (χ0v) is 10.2. The van der Waals surface area contributed by atoms with Gasteiger partial charge in [0.25, 0.3) is 0 Å². The maximum absolute atomic E-state index is 9.61. The highest BCUT2D eigenvalue weighted by Gasteiger charge is 2.32. The van der Waals surface area contributed by atoms with Gasteiger partial charge in [-0.1, -0.05) is 6.07 Å². The summed E-state index contributed by atoms with van der Waals surface area (Å²) < 4.78 is 5.34. The first-order valence-electron chi connectivity index (χ1n) is 5.98. The number of aliphatic hydroxyl groups excluding tert-OH is 1. The molecular formula is C13H20N2O2. The fourth-order valence-corrected chi connectivity index (χ4v) is 2.14. The highest BCUT2D eigenvalue weighted by atomic mass is 16.5. The summed E-state index contributed by atoms with van der Waals surface area (Å²) in [6.07, 6.45) is 1.63. The number of benzene rings is 1. The van der Waals surface area contributed by atoms with Crippen LogP contribution in [0.25, 0.3) is 0 Å². The molecule has 0 unspecified atom stereocenters. The minimum Gasteiger partial charge on any atom is -0.399 e. The standard InChI is InChI=1S/C13H20N2O2/c1-10-2-3-11(14)8-12(10)15-13(9-16)4-6-17-7-5-13/h2-3,8,15-16H,4-7,9,14H2,1H3. The average Bonchev–Trinajstić information content (AvgIpc) is 2.35. The number of nitrogens with one attached hydrogen (secondary N) is 1. The smallest absolute Gasteiger partial charge is 0.0663 e. The molecule has 2 rings (SSSR count). The van der Waals surface area contributed by atoms with Crippen LogP contribution in [0.15, 0.2) is 18.2 Å². The molecule has 1 aromatic rings. The Kier molecular flexibility index (Phi) is 3.54. The quantitative estimate of drug-likeness (QED) is 0.696. The molecule has 0 amide bonds. The maximum atomic E-state index is 9.61. The largest absolute Gasteiger partial charge is 0.399 e. The number of aryl methyl sites for hydroxylation is 1. The second-order valence-electron chi connectivity index (χ2n) is 4.75. The molecule has 1 aromatic carbocycles. The van der Waals surface area contributed by atoms with E-state index in [0.717, 1.165) is 29.8 Å². The van der Waals surface area contributed by atoms with Gasteiger partial charge < -0.3 is 20.9 Å². The molecule has 1 aliphatic rings. The van der Waals surface area contributed by atoms with Gasteiger partial charge in [0.15, 0.2) is 0 Å². The van der Waals surface area contributed by atoms with Crippen LogP contribution in [-0.2, 0) is 4.74 Å². The van der Waals surface area contributed by atoms with E-state index in [1.807, 2.05) is 25.1 Å². The van der Waals surface area contributed by atoms with E-state index >= 15 is 0 Å². The molecule has 1 heterocycles. The normalized spacial score (nSPS) is 18.9. The molecule has 0 saturated carbocycles. The van der Waals surface area contributed by atoms with Crippen LogP contribution in [0, 0.1) is 6.92 Å². The Morgan fingerprint density at radius 1 is 1.41 bits per heavy atom. The molecular weight excluding hydrogens is 216 g/mol. The van der Waals surface area contributed by atoms with Gasteiger partial charge >= 0.3 is 0 Å². The van der Waals surface area contributed by atoms with Crippen LogP contribution in [0.4, 0.5) is 11.4 Å². The number of rotatable bonds is 3. The van der Waals surface area contributed by atoms with E-state index in [2.05, 4.69) is 5.32 Å². The fraction of sp³-hybridized carbons (Fsp3) is 0.538. The summed E-state index contributed by atoms with van der Waals surface area (Å²) in [5.74, 6) is 0. The van der Waals surface area contributed by atoms with Crippen molar-refractivity contribution in [2.24, 2.45) is 0 Å². The first-order chi connectivity index (χ1) is 8.15. The van der Waals surface area contributed by atoms with Crippen LogP contribution in [0.2, 0.25) is 0 Å². The maximum Gasteiger partial charge on any atom is 0.0663 e. The van der Waals surface area contributed by atoms with Crippen molar-refractivity contribution in [1.82, 2.24) is 0 Å². The van der Waals surface area contributed by atoms with Crippen molar-refractivity contribution in [3.05, 3.63) is 23.8 Å². The number of aliphatic hydroxyl groups is 1. The van der Waals surface area contributed by atoms with Crippen molar-refractivity contribution < 1.29 is 9.84 Å². The number of nitrogen functional groups attached to an aromatic ring is 1. The number of nitrogens with two attached hydrogens (primary N) is 1. The van der Waals surface area contributed by atoms with Crippen molar-refractivity contribution >= 4 is 11.4 Å². The summed E-state index contributed by atoms with van der Waals surface area (Å²) in [7, 11) is 0. The minimum atomic E-state index is -0.267. The molecule has 0 atom stereocenters. The molecule has 0 radical (unpaired) electrons. The van der Waals surface area contributed by atoms with Crippen LogP contribution in [0.1, 0.15) is 18.4 Å². The third-order valence-corrected chi connectivity index (χ3v) is 3.41. The van der Waals surface area contributed by atoms with Gasteiger partial charge in [-0.2, -0.15) is 0 Å². The molecule has 0 aliphatic carbocycles. The van der Waals surface area contributed by atoms with E-state index in [0.29, 0.717) is 13.2 Å². The van der Waals surface area contributed by atoms with Crippen LogP contribution >= 0.6 is 0 Å². The topological polar surface area (TPSA) is 67.5 Å². The molecule has 1 aliphatic heterocycles. The van der Waals surface area contributed by atoms with E-state index in [1.54, 1.807) is 0 Å². The number of hydrogen-bond acceptors (Lipinski definition) is 4. The van der Waals surface area contributed by atoms with E-state index in [-0.39, 0.29) is 12.1 Å². The van der Waals surface area contributed by atoms with Crippen LogP contribution in [-0.4, -0.2) is 30.5 Å². The zero-order valence-electron chi connectivity index (χ0n) is 10.2. The summed E-state index contributed by atoms with van der Waals surface area (Å²) in [4.78, 5) is 0. The molecule has 4 heteroatoms. The SMILES string of the molecule is Cc1ccc(N)cc1NC1(CO)CCOCC1. The fourth-order valence-electron chi connectivity index (χ4n) is 2.14. The molecule has 0 aromatic heterocycles. The summed E-state index contributed by atoms with van der Waals surface area (Å²) >= 11 is 0. The Balaban J connectivity index is 2.20. The molecule has 1 saturated heterocycles. The minimum absolute atomic E-state index is 0.116. The van der Waals surface area contributed by atoms with Gasteiger partial charge in [-0.25, -0.2) is 0 Å². The van der Waals surface area contributed by atoms with Crippen molar-refractivity contribution in [2.45, 2.75) is 25.3 Å². The summed E-state index contributed by atoms with van der Waals surface area (Å²) in [6, 6.07) is 5.79. The van der Waals surface area contributed by atoms with Crippen molar-refractivity contribution in [1.29, 1.82) is 0 Å². The molecule has 4 nitrogen and oxygen atoms in total. The van der Waals surface area contributed by atoms with E-state index in [9.17, 15) is 5.11 Å². The molecule has 0 bridgehead atoms. The summed E-state index contributed by atoms with van der Waals surface area (Å²) in [6.45, 7) is 3.53. The predicted molar refractivity (Wildman–Crippen MR) is 69.1 cm³/mol. The Hall–Kier alpha value is -1.26. The molecule has 1 fully saturated rings. The summed E-state index contributed by atoms with van der Waals surface area (Å²) in [5, 5.41) is 13.1. The first-order valence-corrected chi connectivity index (χ1v) is 5.98. The van der Waals surface area contributed by atoms with Gasteiger partial charge in [0.1, 0.15) is 0 Å². The number of hydrogen-bond donors (Lipinski definition) is 3. The lowest BCUT2D eigenvalue weighted by atomic mass is 9.90.